The molecule has 0 aromatic heterocycles. The molecule has 0 unspecified atom stereocenters. The van der Waals surface area contributed by atoms with Gasteiger partial charge in [-0.3, -0.25) is 9.59 Å². The molecule has 80 valence electrons. The molecule has 0 N–H and O–H groups in total. The van der Waals surface area contributed by atoms with Gasteiger partial charge < -0.3 is 4.74 Å². The topological polar surface area (TPSA) is 43.4 Å². The Bertz CT molecular complexity index is 225. The molecule has 0 aromatic carbocycles. The minimum atomic E-state index is -0.499. The van der Waals surface area contributed by atoms with Crippen molar-refractivity contribution in [2.24, 2.45) is 17.8 Å². The third kappa shape index (κ3) is 2.34. The molecule has 3 nitrogen and oxygen atoms in total. The highest BCUT2D eigenvalue weighted by atomic mass is 16.5. The maximum atomic E-state index is 11.5. The average molecular weight is 198 g/mol. The van der Waals surface area contributed by atoms with Gasteiger partial charge in [0.25, 0.3) is 0 Å². The molecule has 1 rings (SSSR count). The first-order valence-electron chi connectivity index (χ1n) is 5.16. The summed E-state index contributed by atoms with van der Waals surface area (Å²) in [6.07, 6.45) is 2.12. The molecule has 1 aliphatic rings. The van der Waals surface area contributed by atoms with Crippen LogP contribution in [0.3, 0.4) is 0 Å². The minimum Gasteiger partial charge on any atom is -0.468 e. The van der Waals surface area contributed by atoms with Crippen molar-refractivity contribution in [1.29, 1.82) is 0 Å². The second kappa shape index (κ2) is 4.58. The van der Waals surface area contributed by atoms with E-state index < -0.39 is 5.92 Å². The van der Waals surface area contributed by atoms with E-state index in [0.717, 1.165) is 6.42 Å². The highest BCUT2D eigenvalue weighted by molar-refractivity contribution is 5.99. The zero-order chi connectivity index (χ0) is 10.7. The normalized spacial score (nSPS) is 27.9. The molecule has 0 heterocycles. The van der Waals surface area contributed by atoms with Crippen molar-refractivity contribution < 1.29 is 14.3 Å². The van der Waals surface area contributed by atoms with E-state index in [1.165, 1.54) is 7.11 Å². The fourth-order valence-corrected chi connectivity index (χ4v) is 2.03. The molecule has 0 saturated heterocycles. The minimum absolute atomic E-state index is 0.0498. The Morgan fingerprint density at radius 3 is 2.64 bits per heavy atom. The van der Waals surface area contributed by atoms with E-state index in [0.29, 0.717) is 24.7 Å². The number of hydrogen-bond donors (Lipinski definition) is 0. The molecule has 0 aromatic rings. The van der Waals surface area contributed by atoms with Crippen LogP contribution in [0.15, 0.2) is 0 Å². The predicted molar refractivity (Wildman–Crippen MR) is 52.7 cm³/mol. The maximum Gasteiger partial charge on any atom is 0.316 e. The van der Waals surface area contributed by atoms with Crippen LogP contribution in [0.2, 0.25) is 0 Å². The lowest BCUT2D eigenvalue weighted by molar-refractivity contribution is -0.151. The van der Waals surface area contributed by atoms with Crippen LogP contribution in [0.4, 0.5) is 0 Å². The van der Waals surface area contributed by atoms with Gasteiger partial charge in [-0.05, 0) is 24.7 Å². The van der Waals surface area contributed by atoms with E-state index in [-0.39, 0.29) is 11.8 Å². The molecular weight excluding hydrogens is 180 g/mol. The van der Waals surface area contributed by atoms with Gasteiger partial charge in [-0.2, -0.15) is 0 Å². The molecule has 0 amide bonds. The second-order valence-electron chi connectivity index (χ2n) is 4.32. The first kappa shape index (κ1) is 11.2. The Morgan fingerprint density at radius 1 is 1.50 bits per heavy atom. The molecule has 1 aliphatic carbocycles. The van der Waals surface area contributed by atoms with Crippen molar-refractivity contribution >= 4 is 11.8 Å². The van der Waals surface area contributed by atoms with Crippen LogP contribution in [0.1, 0.15) is 33.1 Å². The standard InChI is InChI=1S/C11H18O3/c1-7(2)8-4-5-10(12)9(6-8)11(13)14-3/h7-9H,4-6H2,1-3H3/t8-,9-/m0/s1. The van der Waals surface area contributed by atoms with Crippen molar-refractivity contribution in [1.82, 2.24) is 0 Å². The number of Topliss-reactive ketones (excluding diaryl/α,β-unsaturated/α-hetero) is 1. The molecule has 0 spiro atoms. The maximum absolute atomic E-state index is 11.5. The number of rotatable bonds is 2. The Balaban J connectivity index is 2.64. The molecule has 1 fully saturated rings. The second-order valence-corrected chi connectivity index (χ2v) is 4.32. The van der Waals surface area contributed by atoms with Crippen molar-refractivity contribution in [2.75, 3.05) is 7.11 Å². The lowest BCUT2D eigenvalue weighted by atomic mass is 9.75. The number of ether oxygens (including phenoxy) is 1. The fourth-order valence-electron chi connectivity index (χ4n) is 2.03. The Labute approximate surface area is 84.8 Å². The first-order chi connectivity index (χ1) is 6.56. The van der Waals surface area contributed by atoms with Crippen LogP contribution in [-0.4, -0.2) is 18.9 Å². The quantitative estimate of drug-likeness (QED) is 0.502. The Kier molecular flexibility index (Phi) is 3.67. The van der Waals surface area contributed by atoms with Gasteiger partial charge in [0.1, 0.15) is 11.7 Å². The number of carbonyl (C=O) groups is 2. The smallest absolute Gasteiger partial charge is 0.316 e. The van der Waals surface area contributed by atoms with Gasteiger partial charge in [0.2, 0.25) is 0 Å². The summed E-state index contributed by atoms with van der Waals surface area (Å²) in [6.45, 7) is 4.27. The fraction of sp³-hybridized carbons (Fsp3) is 0.818. The number of carbonyl (C=O) groups excluding carboxylic acids is 2. The van der Waals surface area contributed by atoms with Gasteiger partial charge in [-0.25, -0.2) is 0 Å². The molecule has 1 saturated carbocycles. The average Bonchev–Trinajstić information content (AvgIpc) is 2.17. The van der Waals surface area contributed by atoms with Crippen LogP contribution in [-0.2, 0) is 14.3 Å². The highest BCUT2D eigenvalue weighted by Crippen LogP contribution is 2.32. The van der Waals surface area contributed by atoms with E-state index in [2.05, 4.69) is 18.6 Å². The van der Waals surface area contributed by atoms with Gasteiger partial charge in [0.05, 0.1) is 7.11 Å². The van der Waals surface area contributed by atoms with E-state index >= 15 is 0 Å². The SMILES string of the molecule is COC(=O)[C@H]1C[C@@H](C(C)C)CCC1=O. The number of methoxy groups -OCH3 is 1. The van der Waals surface area contributed by atoms with Gasteiger partial charge >= 0.3 is 5.97 Å². The summed E-state index contributed by atoms with van der Waals surface area (Å²) < 4.78 is 4.63. The van der Waals surface area contributed by atoms with Gasteiger partial charge in [-0.1, -0.05) is 13.8 Å². The van der Waals surface area contributed by atoms with Gasteiger partial charge in [-0.15, -0.1) is 0 Å². The summed E-state index contributed by atoms with van der Waals surface area (Å²) in [5.74, 6) is 0.210. The third-order valence-electron chi connectivity index (χ3n) is 3.12. The van der Waals surface area contributed by atoms with E-state index in [1.54, 1.807) is 0 Å². The van der Waals surface area contributed by atoms with Crippen molar-refractivity contribution in [3.63, 3.8) is 0 Å². The number of esters is 1. The Hall–Kier alpha value is -0.860. The van der Waals surface area contributed by atoms with Gasteiger partial charge in [0, 0.05) is 6.42 Å². The zero-order valence-electron chi connectivity index (χ0n) is 9.08. The molecule has 0 radical (unpaired) electrons. The molecule has 2 atom stereocenters. The van der Waals surface area contributed by atoms with Crippen LogP contribution >= 0.6 is 0 Å². The van der Waals surface area contributed by atoms with Crippen molar-refractivity contribution in [3.05, 3.63) is 0 Å². The van der Waals surface area contributed by atoms with Crippen molar-refractivity contribution in [2.45, 2.75) is 33.1 Å². The van der Waals surface area contributed by atoms with Gasteiger partial charge in [0.15, 0.2) is 0 Å². The summed E-state index contributed by atoms with van der Waals surface area (Å²) in [7, 11) is 1.34. The summed E-state index contributed by atoms with van der Waals surface area (Å²) in [5.41, 5.74) is 0. The lowest BCUT2D eigenvalue weighted by Crippen LogP contribution is -2.33. The largest absolute Gasteiger partial charge is 0.468 e. The van der Waals surface area contributed by atoms with E-state index in [1.807, 2.05) is 0 Å². The van der Waals surface area contributed by atoms with E-state index in [9.17, 15) is 9.59 Å². The monoisotopic (exact) mass is 198 g/mol. The number of ketones is 1. The van der Waals surface area contributed by atoms with E-state index in [4.69, 9.17) is 0 Å². The summed E-state index contributed by atoms with van der Waals surface area (Å²) >= 11 is 0. The van der Waals surface area contributed by atoms with Crippen LogP contribution in [0.5, 0.6) is 0 Å². The van der Waals surface area contributed by atoms with Crippen LogP contribution in [0.25, 0.3) is 0 Å². The summed E-state index contributed by atoms with van der Waals surface area (Å²) in [6, 6.07) is 0. The Morgan fingerprint density at radius 2 is 2.14 bits per heavy atom. The molecule has 3 heteroatoms. The third-order valence-corrected chi connectivity index (χ3v) is 3.12. The number of hydrogen-bond acceptors (Lipinski definition) is 3. The molecule has 0 bridgehead atoms. The molecule has 14 heavy (non-hydrogen) atoms. The predicted octanol–water partition coefficient (Wildman–Crippen LogP) is 1.80. The highest BCUT2D eigenvalue weighted by Gasteiger charge is 2.35. The van der Waals surface area contributed by atoms with Crippen LogP contribution in [0, 0.1) is 17.8 Å². The van der Waals surface area contributed by atoms with Crippen LogP contribution < -0.4 is 0 Å². The molecule has 0 aliphatic heterocycles. The summed E-state index contributed by atoms with van der Waals surface area (Å²) in [4.78, 5) is 22.8. The summed E-state index contributed by atoms with van der Waals surface area (Å²) in [5, 5.41) is 0. The first-order valence-corrected chi connectivity index (χ1v) is 5.16. The van der Waals surface area contributed by atoms with Crippen molar-refractivity contribution in [3.8, 4) is 0 Å². The lowest BCUT2D eigenvalue weighted by Gasteiger charge is -2.28. The molecular formula is C11H18O3. The zero-order valence-corrected chi connectivity index (χ0v) is 9.08.